The van der Waals surface area contributed by atoms with E-state index in [1.807, 2.05) is 31.2 Å². The Kier molecular flexibility index (Phi) is 4.75. The number of carbonyl (C=O) groups excluding carboxylic acids is 1. The number of benzene rings is 1. The molecule has 6 heteroatoms. The SMILES string of the molecule is CC(N)c1nc(C(=O)N(C)Cc2ccccc2Cl)cs1. The lowest BCUT2D eigenvalue weighted by molar-refractivity contribution is 0.0780. The zero-order valence-corrected chi connectivity index (χ0v) is 12.9. The van der Waals surface area contributed by atoms with Gasteiger partial charge in [0.1, 0.15) is 10.7 Å². The molecule has 1 heterocycles. The summed E-state index contributed by atoms with van der Waals surface area (Å²) in [6.45, 7) is 2.30. The maximum Gasteiger partial charge on any atom is 0.273 e. The Labute approximate surface area is 127 Å². The van der Waals surface area contributed by atoms with Gasteiger partial charge in [0.15, 0.2) is 0 Å². The first kappa shape index (κ1) is 15.0. The second-order valence-corrected chi connectivity index (χ2v) is 5.91. The van der Waals surface area contributed by atoms with Gasteiger partial charge < -0.3 is 10.6 Å². The third kappa shape index (κ3) is 3.36. The molecule has 0 fully saturated rings. The van der Waals surface area contributed by atoms with Gasteiger partial charge in [-0.1, -0.05) is 29.8 Å². The number of amides is 1. The quantitative estimate of drug-likeness (QED) is 0.944. The van der Waals surface area contributed by atoms with E-state index in [1.54, 1.807) is 17.3 Å². The van der Waals surface area contributed by atoms with E-state index in [0.717, 1.165) is 10.6 Å². The summed E-state index contributed by atoms with van der Waals surface area (Å²) < 4.78 is 0. The summed E-state index contributed by atoms with van der Waals surface area (Å²) >= 11 is 7.50. The van der Waals surface area contributed by atoms with Gasteiger partial charge in [0.2, 0.25) is 0 Å². The number of aromatic nitrogens is 1. The van der Waals surface area contributed by atoms with Gasteiger partial charge in [-0.2, -0.15) is 0 Å². The molecule has 0 radical (unpaired) electrons. The second-order valence-electron chi connectivity index (χ2n) is 4.61. The molecule has 2 rings (SSSR count). The van der Waals surface area contributed by atoms with Crippen molar-refractivity contribution in [1.29, 1.82) is 0 Å². The van der Waals surface area contributed by atoms with E-state index in [9.17, 15) is 4.79 Å². The van der Waals surface area contributed by atoms with Gasteiger partial charge >= 0.3 is 0 Å². The van der Waals surface area contributed by atoms with Crippen molar-refractivity contribution in [1.82, 2.24) is 9.88 Å². The lowest BCUT2D eigenvalue weighted by Crippen LogP contribution is -2.26. The van der Waals surface area contributed by atoms with Crippen LogP contribution in [0, 0.1) is 0 Å². The highest BCUT2D eigenvalue weighted by atomic mass is 35.5. The summed E-state index contributed by atoms with van der Waals surface area (Å²) in [5.41, 5.74) is 7.09. The Bertz CT molecular complexity index is 612. The molecule has 1 amide bonds. The van der Waals surface area contributed by atoms with Crippen LogP contribution in [-0.2, 0) is 6.54 Å². The number of nitrogens with two attached hydrogens (primary N) is 1. The van der Waals surface area contributed by atoms with Gasteiger partial charge in [-0.15, -0.1) is 11.3 Å². The number of rotatable bonds is 4. The lowest BCUT2D eigenvalue weighted by Gasteiger charge is -2.16. The number of hydrogen-bond donors (Lipinski definition) is 1. The van der Waals surface area contributed by atoms with Crippen molar-refractivity contribution in [3.8, 4) is 0 Å². The molecular formula is C14H16ClN3OS. The van der Waals surface area contributed by atoms with Crippen molar-refractivity contribution < 1.29 is 4.79 Å². The van der Waals surface area contributed by atoms with Crippen LogP contribution in [0.1, 0.15) is 34.0 Å². The first-order valence-electron chi connectivity index (χ1n) is 6.19. The molecule has 2 aromatic rings. The number of carbonyl (C=O) groups is 1. The highest BCUT2D eigenvalue weighted by molar-refractivity contribution is 7.09. The summed E-state index contributed by atoms with van der Waals surface area (Å²) in [5.74, 6) is -0.131. The Balaban J connectivity index is 2.10. The Hall–Kier alpha value is -1.43. The van der Waals surface area contributed by atoms with Gasteiger partial charge in [0.25, 0.3) is 5.91 Å². The van der Waals surface area contributed by atoms with Crippen molar-refractivity contribution in [2.24, 2.45) is 5.73 Å². The molecule has 106 valence electrons. The number of hydrogen-bond acceptors (Lipinski definition) is 4. The lowest BCUT2D eigenvalue weighted by atomic mass is 10.2. The minimum Gasteiger partial charge on any atom is -0.336 e. The van der Waals surface area contributed by atoms with Crippen LogP contribution in [0.4, 0.5) is 0 Å². The third-order valence-corrected chi connectivity index (χ3v) is 4.26. The summed E-state index contributed by atoms with van der Waals surface area (Å²) in [4.78, 5) is 18.1. The van der Waals surface area contributed by atoms with Crippen molar-refractivity contribution in [2.45, 2.75) is 19.5 Å². The maximum absolute atomic E-state index is 12.3. The van der Waals surface area contributed by atoms with E-state index in [4.69, 9.17) is 17.3 Å². The van der Waals surface area contributed by atoms with E-state index >= 15 is 0 Å². The molecule has 0 bridgehead atoms. The Morgan fingerprint density at radius 3 is 2.80 bits per heavy atom. The molecule has 20 heavy (non-hydrogen) atoms. The smallest absolute Gasteiger partial charge is 0.273 e. The van der Waals surface area contributed by atoms with Crippen LogP contribution in [0.5, 0.6) is 0 Å². The van der Waals surface area contributed by atoms with Crippen molar-refractivity contribution in [2.75, 3.05) is 7.05 Å². The predicted molar refractivity (Wildman–Crippen MR) is 82.0 cm³/mol. The van der Waals surface area contributed by atoms with Crippen molar-refractivity contribution in [3.05, 3.63) is 50.9 Å². The average Bonchev–Trinajstić information content (AvgIpc) is 2.90. The summed E-state index contributed by atoms with van der Waals surface area (Å²) in [6, 6.07) is 7.32. The number of halogens is 1. The van der Waals surface area contributed by atoms with E-state index < -0.39 is 0 Å². The molecule has 1 aromatic carbocycles. The van der Waals surface area contributed by atoms with Gasteiger partial charge in [0, 0.05) is 24.0 Å². The zero-order valence-electron chi connectivity index (χ0n) is 11.3. The summed E-state index contributed by atoms with van der Waals surface area (Å²) in [7, 11) is 1.73. The molecule has 0 saturated carbocycles. The fourth-order valence-electron chi connectivity index (χ4n) is 1.74. The maximum atomic E-state index is 12.3. The minimum absolute atomic E-state index is 0.131. The van der Waals surface area contributed by atoms with Crippen LogP contribution in [-0.4, -0.2) is 22.8 Å². The standard InChI is InChI=1S/C14H16ClN3OS/c1-9(16)13-17-12(8-20-13)14(19)18(2)7-10-5-3-4-6-11(10)15/h3-6,8-9H,7,16H2,1-2H3. The van der Waals surface area contributed by atoms with Crippen LogP contribution in [0.25, 0.3) is 0 Å². The number of thiazole rings is 1. The molecule has 4 nitrogen and oxygen atoms in total. The molecule has 1 aromatic heterocycles. The normalized spacial score (nSPS) is 12.2. The molecule has 1 unspecified atom stereocenters. The van der Waals surface area contributed by atoms with Gasteiger partial charge in [-0.3, -0.25) is 4.79 Å². The molecule has 1 atom stereocenters. The van der Waals surface area contributed by atoms with Crippen LogP contribution in [0.3, 0.4) is 0 Å². The average molecular weight is 310 g/mol. The molecule has 0 spiro atoms. The van der Waals surface area contributed by atoms with E-state index in [1.165, 1.54) is 11.3 Å². The van der Waals surface area contributed by atoms with Crippen molar-refractivity contribution >= 4 is 28.8 Å². The van der Waals surface area contributed by atoms with Crippen LogP contribution in [0.2, 0.25) is 5.02 Å². The fourth-order valence-corrected chi connectivity index (χ4v) is 2.69. The highest BCUT2D eigenvalue weighted by Crippen LogP contribution is 2.19. The largest absolute Gasteiger partial charge is 0.336 e. The number of nitrogens with zero attached hydrogens (tertiary/aromatic N) is 2. The molecular weight excluding hydrogens is 294 g/mol. The van der Waals surface area contributed by atoms with Gasteiger partial charge in [-0.05, 0) is 18.6 Å². The Morgan fingerprint density at radius 2 is 2.20 bits per heavy atom. The molecule has 0 aliphatic rings. The highest BCUT2D eigenvalue weighted by Gasteiger charge is 2.17. The van der Waals surface area contributed by atoms with Gasteiger partial charge in [-0.25, -0.2) is 4.98 Å². The molecule has 0 aliphatic carbocycles. The first-order chi connectivity index (χ1) is 9.49. The second kappa shape index (κ2) is 6.35. The summed E-state index contributed by atoms with van der Waals surface area (Å²) in [6.07, 6.45) is 0. The van der Waals surface area contributed by atoms with Crippen molar-refractivity contribution in [3.63, 3.8) is 0 Å². The van der Waals surface area contributed by atoms with E-state index in [2.05, 4.69) is 4.98 Å². The molecule has 2 N–H and O–H groups in total. The van der Waals surface area contributed by atoms with E-state index in [0.29, 0.717) is 17.3 Å². The predicted octanol–water partition coefficient (Wildman–Crippen LogP) is 3.09. The monoisotopic (exact) mass is 309 g/mol. The van der Waals surface area contributed by atoms with Crippen LogP contribution < -0.4 is 5.73 Å². The van der Waals surface area contributed by atoms with Gasteiger partial charge in [0.05, 0.1) is 6.04 Å². The third-order valence-electron chi connectivity index (χ3n) is 2.84. The summed E-state index contributed by atoms with van der Waals surface area (Å²) in [5, 5.41) is 3.16. The minimum atomic E-state index is -0.157. The zero-order chi connectivity index (χ0) is 14.7. The molecule has 0 saturated heterocycles. The van der Waals surface area contributed by atoms with Crippen LogP contribution in [0.15, 0.2) is 29.6 Å². The fraction of sp³-hybridized carbons (Fsp3) is 0.286. The topological polar surface area (TPSA) is 59.2 Å². The first-order valence-corrected chi connectivity index (χ1v) is 7.44. The van der Waals surface area contributed by atoms with E-state index in [-0.39, 0.29) is 11.9 Å². The molecule has 0 aliphatic heterocycles. The Morgan fingerprint density at radius 1 is 1.50 bits per heavy atom. The van der Waals surface area contributed by atoms with Crippen LogP contribution >= 0.6 is 22.9 Å².